The van der Waals surface area contributed by atoms with Crippen LogP contribution < -0.4 is 0 Å². The molecule has 2 rings (SSSR count). The van der Waals surface area contributed by atoms with Gasteiger partial charge in [0.1, 0.15) is 11.9 Å². The molecule has 19 heavy (non-hydrogen) atoms. The highest BCUT2D eigenvalue weighted by atomic mass is 16.5. The average molecular weight is 263 g/mol. The van der Waals surface area contributed by atoms with E-state index in [1.165, 1.54) is 25.3 Å². The number of ether oxygens (including phenoxy) is 1. The first-order chi connectivity index (χ1) is 9.24. The number of carbonyl (C=O) groups is 1. The van der Waals surface area contributed by atoms with Gasteiger partial charge in [-0.25, -0.2) is 4.79 Å². The van der Waals surface area contributed by atoms with Gasteiger partial charge in [-0.3, -0.25) is 4.90 Å². The van der Waals surface area contributed by atoms with E-state index in [9.17, 15) is 4.79 Å². The van der Waals surface area contributed by atoms with Gasteiger partial charge in [0, 0.05) is 12.6 Å². The molecule has 104 valence electrons. The van der Waals surface area contributed by atoms with E-state index in [0.717, 1.165) is 19.6 Å². The van der Waals surface area contributed by atoms with Crippen LogP contribution in [-0.2, 0) is 9.53 Å². The third kappa shape index (κ3) is 4.91. The Bertz CT molecular complexity index is 405. The van der Waals surface area contributed by atoms with Gasteiger partial charge in [-0.2, -0.15) is 0 Å². The number of rotatable bonds is 5. The molecule has 1 aromatic rings. The lowest BCUT2D eigenvalue weighted by molar-refractivity contribution is -0.143. The Balaban J connectivity index is 1.72. The number of piperidine rings is 1. The lowest BCUT2D eigenvalue weighted by Crippen LogP contribution is -2.36. The molecule has 4 heteroatoms. The molecular formula is C15H21NO3. The van der Waals surface area contributed by atoms with Crippen LogP contribution in [0.3, 0.4) is 0 Å². The van der Waals surface area contributed by atoms with E-state index < -0.39 is 0 Å². The molecule has 1 saturated heterocycles. The standard InChI is InChI=1S/C15H21NO3/c1-13(12-16-9-3-2-4-10-16)19-15(17)8-7-14-6-5-11-18-14/h5-8,11,13H,2-4,9-10,12H2,1H3. The number of esters is 1. The van der Waals surface area contributed by atoms with E-state index in [-0.39, 0.29) is 12.1 Å². The molecule has 0 aromatic carbocycles. The number of nitrogens with zero attached hydrogens (tertiary/aromatic N) is 1. The monoisotopic (exact) mass is 263 g/mol. The molecule has 0 saturated carbocycles. The summed E-state index contributed by atoms with van der Waals surface area (Å²) in [6, 6.07) is 3.57. The topological polar surface area (TPSA) is 42.7 Å². The van der Waals surface area contributed by atoms with Gasteiger partial charge in [0.05, 0.1) is 6.26 Å². The summed E-state index contributed by atoms with van der Waals surface area (Å²) in [6.07, 6.45) is 8.34. The van der Waals surface area contributed by atoms with E-state index in [2.05, 4.69) is 4.90 Å². The zero-order valence-electron chi connectivity index (χ0n) is 11.4. The SMILES string of the molecule is CC(CN1CCCCC1)OC(=O)C=Cc1ccco1. The summed E-state index contributed by atoms with van der Waals surface area (Å²) in [5.74, 6) is 0.335. The first kappa shape index (κ1) is 13.9. The van der Waals surface area contributed by atoms with Gasteiger partial charge < -0.3 is 9.15 Å². The fourth-order valence-corrected chi connectivity index (χ4v) is 2.32. The molecule has 1 atom stereocenters. The summed E-state index contributed by atoms with van der Waals surface area (Å²) in [6.45, 7) is 4.99. The Morgan fingerprint density at radius 3 is 2.95 bits per heavy atom. The highest BCUT2D eigenvalue weighted by Gasteiger charge is 2.15. The lowest BCUT2D eigenvalue weighted by atomic mass is 10.1. The van der Waals surface area contributed by atoms with Crippen LogP contribution in [0.5, 0.6) is 0 Å². The van der Waals surface area contributed by atoms with Crippen molar-refractivity contribution >= 4 is 12.0 Å². The molecule has 0 radical (unpaired) electrons. The summed E-state index contributed by atoms with van der Waals surface area (Å²) >= 11 is 0. The van der Waals surface area contributed by atoms with Gasteiger partial charge in [0.2, 0.25) is 0 Å². The van der Waals surface area contributed by atoms with Crippen LogP contribution in [-0.4, -0.2) is 36.6 Å². The second-order valence-corrected chi connectivity index (χ2v) is 4.96. The summed E-state index contributed by atoms with van der Waals surface area (Å²) < 4.78 is 10.4. The average Bonchev–Trinajstić information content (AvgIpc) is 2.90. The molecule has 0 amide bonds. The predicted molar refractivity (Wildman–Crippen MR) is 73.6 cm³/mol. The van der Waals surface area contributed by atoms with Gasteiger partial charge >= 0.3 is 5.97 Å². The van der Waals surface area contributed by atoms with Crippen molar-refractivity contribution < 1.29 is 13.9 Å². The van der Waals surface area contributed by atoms with Gasteiger partial charge in [-0.15, -0.1) is 0 Å². The fourth-order valence-electron chi connectivity index (χ4n) is 2.32. The van der Waals surface area contributed by atoms with Crippen LogP contribution in [0.2, 0.25) is 0 Å². The van der Waals surface area contributed by atoms with Crippen molar-refractivity contribution in [2.45, 2.75) is 32.3 Å². The number of hydrogen-bond acceptors (Lipinski definition) is 4. The van der Waals surface area contributed by atoms with E-state index in [0.29, 0.717) is 5.76 Å². The molecule has 1 unspecified atom stereocenters. The molecule has 0 aliphatic carbocycles. The molecule has 0 spiro atoms. The maximum Gasteiger partial charge on any atom is 0.331 e. The summed E-state index contributed by atoms with van der Waals surface area (Å²) in [4.78, 5) is 14.0. The predicted octanol–water partition coefficient (Wildman–Crippen LogP) is 2.71. The largest absolute Gasteiger partial charge is 0.465 e. The van der Waals surface area contributed by atoms with Gasteiger partial charge in [0.15, 0.2) is 0 Å². The molecule has 0 N–H and O–H groups in total. The smallest absolute Gasteiger partial charge is 0.331 e. The molecule has 1 fully saturated rings. The Morgan fingerprint density at radius 1 is 1.47 bits per heavy atom. The van der Waals surface area contributed by atoms with Crippen molar-refractivity contribution in [3.63, 3.8) is 0 Å². The van der Waals surface area contributed by atoms with Crippen LogP contribution in [0, 0.1) is 0 Å². The van der Waals surface area contributed by atoms with Crippen LogP contribution >= 0.6 is 0 Å². The second-order valence-electron chi connectivity index (χ2n) is 4.96. The maximum atomic E-state index is 11.6. The summed E-state index contributed by atoms with van der Waals surface area (Å²) in [7, 11) is 0. The fraction of sp³-hybridized carbons (Fsp3) is 0.533. The van der Waals surface area contributed by atoms with Crippen LogP contribution in [0.1, 0.15) is 31.9 Å². The Morgan fingerprint density at radius 2 is 2.26 bits per heavy atom. The molecule has 1 aliphatic heterocycles. The molecule has 0 bridgehead atoms. The minimum atomic E-state index is -0.319. The van der Waals surface area contributed by atoms with Crippen molar-refractivity contribution in [3.8, 4) is 0 Å². The molecule has 2 heterocycles. The first-order valence-electron chi connectivity index (χ1n) is 6.88. The minimum Gasteiger partial charge on any atom is -0.465 e. The third-order valence-electron chi connectivity index (χ3n) is 3.21. The zero-order chi connectivity index (χ0) is 13.5. The highest BCUT2D eigenvalue weighted by Crippen LogP contribution is 2.10. The van der Waals surface area contributed by atoms with Gasteiger partial charge in [0.25, 0.3) is 0 Å². The Hall–Kier alpha value is -1.55. The normalized spacial score (nSPS) is 18.6. The van der Waals surface area contributed by atoms with E-state index in [1.807, 2.05) is 6.92 Å². The Kier molecular flexibility index (Phi) is 5.21. The van der Waals surface area contributed by atoms with Crippen molar-refractivity contribution in [2.24, 2.45) is 0 Å². The van der Waals surface area contributed by atoms with Crippen molar-refractivity contribution in [1.29, 1.82) is 0 Å². The summed E-state index contributed by atoms with van der Waals surface area (Å²) in [5, 5.41) is 0. The van der Waals surface area contributed by atoms with E-state index in [4.69, 9.17) is 9.15 Å². The first-order valence-corrected chi connectivity index (χ1v) is 6.88. The van der Waals surface area contributed by atoms with Crippen LogP contribution in [0.25, 0.3) is 6.08 Å². The number of hydrogen-bond donors (Lipinski definition) is 0. The number of carbonyl (C=O) groups excluding carboxylic acids is 1. The van der Waals surface area contributed by atoms with Crippen molar-refractivity contribution in [2.75, 3.05) is 19.6 Å². The molecular weight excluding hydrogens is 242 g/mol. The van der Waals surface area contributed by atoms with E-state index >= 15 is 0 Å². The second kappa shape index (κ2) is 7.14. The molecule has 1 aromatic heterocycles. The maximum absolute atomic E-state index is 11.6. The molecule has 1 aliphatic rings. The summed E-state index contributed by atoms with van der Waals surface area (Å²) in [5.41, 5.74) is 0. The lowest BCUT2D eigenvalue weighted by Gasteiger charge is -2.28. The van der Waals surface area contributed by atoms with Gasteiger partial charge in [-0.1, -0.05) is 6.42 Å². The Labute approximate surface area is 114 Å². The zero-order valence-corrected chi connectivity index (χ0v) is 11.4. The third-order valence-corrected chi connectivity index (χ3v) is 3.21. The number of furan rings is 1. The van der Waals surface area contributed by atoms with E-state index in [1.54, 1.807) is 24.5 Å². The highest BCUT2D eigenvalue weighted by molar-refractivity contribution is 5.86. The van der Waals surface area contributed by atoms with Crippen molar-refractivity contribution in [3.05, 3.63) is 30.2 Å². The van der Waals surface area contributed by atoms with Crippen molar-refractivity contribution in [1.82, 2.24) is 4.90 Å². The minimum absolute atomic E-state index is 0.0770. The van der Waals surface area contributed by atoms with Gasteiger partial charge in [-0.05, 0) is 51.1 Å². The van der Waals surface area contributed by atoms with Crippen LogP contribution in [0.4, 0.5) is 0 Å². The quantitative estimate of drug-likeness (QED) is 0.605. The van der Waals surface area contributed by atoms with Crippen LogP contribution in [0.15, 0.2) is 28.9 Å². The molecule has 4 nitrogen and oxygen atoms in total. The number of likely N-dealkylation sites (tertiary alicyclic amines) is 1.